The largest absolute Gasteiger partial charge is 0.470 e. The molecule has 6 rings (SSSR count). The van der Waals surface area contributed by atoms with Crippen molar-refractivity contribution in [1.29, 1.82) is 0 Å². The Balaban J connectivity index is 1.48. The number of halogens is 5. The highest BCUT2D eigenvalue weighted by molar-refractivity contribution is 7.22. The number of hydrogen-bond donors (Lipinski definition) is 1. The normalized spacial score (nSPS) is 19.3. The van der Waals surface area contributed by atoms with E-state index in [0.717, 1.165) is 29.5 Å². The summed E-state index contributed by atoms with van der Waals surface area (Å²) in [4.78, 5) is 27.7. The quantitative estimate of drug-likeness (QED) is 0.215. The highest BCUT2D eigenvalue weighted by Crippen LogP contribution is 2.46. The second kappa shape index (κ2) is 11.7. The minimum atomic E-state index is -5.06. The molecule has 2 aliphatic rings. The van der Waals surface area contributed by atoms with Gasteiger partial charge in [-0.15, -0.1) is 0 Å². The molecule has 2 aromatic heterocycles. The third kappa shape index (κ3) is 5.73. The van der Waals surface area contributed by atoms with E-state index >= 15 is 4.39 Å². The summed E-state index contributed by atoms with van der Waals surface area (Å²) in [6, 6.07) is 2.22. The van der Waals surface area contributed by atoms with Gasteiger partial charge >= 0.3 is 12.2 Å². The van der Waals surface area contributed by atoms with Gasteiger partial charge in [-0.05, 0) is 37.7 Å². The molecular weight excluding hydrogens is 623 g/mol. The van der Waals surface area contributed by atoms with E-state index in [2.05, 4.69) is 21.5 Å². The molecule has 4 heterocycles. The molecule has 1 amide bonds. The van der Waals surface area contributed by atoms with Crippen LogP contribution in [0, 0.1) is 11.6 Å². The number of nitrogen functional groups attached to an aromatic ring is 1. The lowest BCUT2D eigenvalue weighted by Crippen LogP contribution is -2.55. The van der Waals surface area contributed by atoms with Gasteiger partial charge in [0, 0.05) is 30.8 Å². The van der Waals surface area contributed by atoms with Crippen molar-refractivity contribution >= 4 is 43.5 Å². The van der Waals surface area contributed by atoms with Crippen LogP contribution >= 0.6 is 11.3 Å². The molecule has 0 saturated carbocycles. The number of likely N-dealkylation sites (tertiary alicyclic amines) is 2. The number of carbonyl (C=O) groups excluding carboxylic acids is 1. The number of methoxy groups -OCH3 is 1. The lowest BCUT2D eigenvalue weighted by atomic mass is 9.95. The van der Waals surface area contributed by atoms with Crippen molar-refractivity contribution in [1.82, 2.24) is 24.8 Å². The van der Waals surface area contributed by atoms with E-state index in [9.17, 15) is 22.4 Å². The molecular formula is C29H27F5N6O4S. The van der Waals surface area contributed by atoms with Crippen molar-refractivity contribution in [3.8, 4) is 23.0 Å². The van der Waals surface area contributed by atoms with E-state index < -0.39 is 40.6 Å². The first kappa shape index (κ1) is 30.9. The minimum absolute atomic E-state index is 0.0204. The molecule has 0 bridgehead atoms. The SMILES string of the molecule is C=CC(=O)N1CC(Oc2nc(OC[C@@H]3C[C@@H](OC)CN3C)nc3c(F)c(-c4ccc(F)c5sc(N)nc45)c(C(F)(F)F)cc23)C1. The van der Waals surface area contributed by atoms with Crippen LogP contribution in [-0.4, -0.2) is 89.3 Å². The monoisotopic (exact) mass is 650 g/mol. The number of rotatable bonds is 8. The number of fused-ring (bicyclic) bond motifs is 2. The summed E-state index contributed by atoms with van der Waals surface area (Å²) < 4.78 is 91.9. The van der Waals surface area contributed by atoms with Crippen LogP contribution < -0.4 is 15.2 Å². The zero-order chi connectivity index (χ0) is 32.2. The third-order valence-corrected chi connectivity index (χ3v) is 8.86. The van der Waals surface area contributed by atoms with Crippen LogP contribution in [0.2, 0.25) is 0 Å². The molecule has 0 radical (unpaired) electrons. The van der Waals surface area contributed by atoms with Gasteiger partial charge in [-0.3, -0.25) is 9.69 Å². The Kier molecular flexibility index (Phi) is 7.99. The number of thiazole rings is 1. The van der Waals surface area contributed by atoms with Crippen molar-refractivity contribution < 1.29 is 41.0 Å². The predicted octanol–water partition coefficient (Wildman–Crippen LogP) is 4.66. The molecule has 45 heavy (non-hydrogen) atoms. The molecule has 0 aliphatic carbocycles. The fraction of sp³-hybridized carbons (Fsp3) is 0.379. The molecule has 238 valence electrons. The van der Waals surface area contributed by atoms with Gasteiger partial charge in [0.15, 0.2) is 10.9 Å². The number of nitrogens with zero attached hydrogens (tertiary/aromatic N) is 5. The van der Waals surface area contributed by atoms with Crippen molar-refractivity contribution in [2.45, 2.75) is 30.8 Å². The fourth-order valence-electron chi connectivity index (χ4n) is 5.56. The van der Waals surface area contributed by atoms with Gasteiger partial charge < -0.3 is 24.8 Å². The molecule has 16 heteroatoms. The molecule has 2 fully saturated rings. The molecule has 2 aromatic carbocycles. The molecule has 2 N–H and O–H groups in total. The summed E-state index contributed by atoms with van der Waals surface area (Å²) in [6.07, 6.45) is -3.95. The van der Waals surface area contributed by atoms with Crippen LogP contribution in [0.15, 0.2) is 30.9 Å². The fourth-order valence-corrected chi connectivity index (χ4v) is 6.32. The van der Waals surface area contributed by atoms with Crippen LogP contribution in [0.25, 0.3) is 32.2 Å². The van der Waals surface area contributed by atoms with Gasteiger partial charge in [0.2, 0.25) is 11.8 Å². The smallest absolute Gasteiger partial charge is 0.417 e. The lowest BCUT2D eigenvalue weighted by molar-refractivity contribution is -0.137. The Labute approximate surface area is 257 Å². The van der Waals surface area contributed by atoms with Gasteiger partial charge in [-0.25, -0.2) is 13.8 Å². The maximum absolute atomic E-state index is 16.5. The third-order valence-electron chi connectivity index (χ3n) is 7.96. The zero-order valence-corrected chi connectivity index (χ0v) is 24.8. The highest BCUT2D eigenvalue weighted by Gasteiger charge is 2.39. The van der Waals surface area contributed by atoms with E-state index in [-0.39, 0.29) is 75.9 Å². The van der Waals surface area contributed by atoms with Crippen molar-refractivity contribution in [3.05, 3.63) is 48.1 Å². The van der Waals surface area contributed by atoms with Gasteiger partial charge in [0.05, 0.1) is 40.4 Å². The number of alkyl halides is 3. The zero-order valence-electron chi connectivity index (χ0n) is 24.0. The van der Waals surface area contributed by atoms with Crippen LogP contribution in [0.5, 0.6) is 11.9 Å². The summed E-state index contributed by atoms with van der Waals surface area (Å²) in [5, 5.41) is -0.463. The summed E-state index contributed by atoms with van der Waals surface area (Å²) in [5.74, 6) is -2.81. The van der Waals surface area contributed by atoms with E-state index in [1.807, 2.05) is 11.9 Å². The van der Waals surface area contributed by atoms with Crippen LogP contribution in [0.3, 0.4) is 0 Å². The van der Waals surface area contributed by atoms with E-state index in [0.29, 0.717) is 19.0 Å². The maximum atomic E-state index is 16.5. The van der Waals surface area contributed by atoms with Gasteiger partial charge in [-0.1, -0.05) is 17.9 Å². The number of nitrogens with two attached hydrogens (primary N) is 1. The van der Waals surface area contributed by atoms with Crippen LogP contribution in [0.4, 0.5) is 27.1 Å². The number of carbonyl (C=O) groups is 1. The Morgan fingerprint density at radius 2 is 1.91 bits per heavy atom. The van der Waals surface area contributed by atoms with E-state index in [4.69, 9.17) is 19.9 Å². The second-order valence-electron chi connectivity index (χ2n) is 10.8. The van der Waals surface area contributed by atoms with Crippen LogP contribution in [0.1, 0.15) is 12.0 Å². The Morgan fingerprint density at radius 3 is 2.58 bits per heavy atom. The number of benzene rings is 2. The van der Waals surface area contributed by atoms with Gasteiger partial charge in [0.1, 0.15) is 24.0 Å². The number of aromatic nitrogens is 3. The lowest BCUT2D eigenvalue weighted by Gasteiger charge is -2.38. The minimum Gasteiger partial charge on any atom is -0.470 e. The summed E-state index contributed by atoms with van der Waals surface area (Å²) in [5.41, 5.74) is 2.45. The van der Waals surface area contributed by atoms with E-state index in [1.165, 1.54) is 4.90 Å². The number of anilines is 1. The first-order chi connectivity index (χ1) is 21.4. The Hall–Kier alpha value is -4.15. The number of likely N-dealkylation sites (N-methyl/N-ethyl adjacent to an activating group) is 1. The van der Waals surface area contributed by atoms with Crippen molar-refractivity contribution in [3.63, 3.8) is 0 Å². The van der Waals surface area contributed by atoms with Gasteiger partial charge in [-0.2, -0.15) is 23.1 Å². The second-order valence-corrected chi connectivity index (χ2v) is 11.9. The van der Waals surface area contributed by atoms with Crippen LogP contribution in [-0.2, 0) is 15.7 Å². The summed E-state index contributed by atoms with van der Waals surface area (Å²) in [6.45, 7) is 4.40. The number of ether oxygens (including phenoxy) is 3. The number of hydrogen-bond acceptors (Lipinski definition) is 10. The first-order valence-electron chi connectivity index (χ1n) is 13.8. The molecule has 2 aliphatic heterocycles. The Bertz CT molecular complexity index is 1810. The molecule has 2 saturated heterocycles. The van der Waals surface area contributed by atoms with Gasteiger partial charge in [0.25, 0.3) is 0 Å². The Morgan fingerprint density at radius 1 is 1.16 bits per heavy atom. The average Bonchev–Trinajstić information content (AvgIpc) is 3.55. The maximum Gasteiger partial charge on any atom is 0.417 e. The molecule has 10 nitrogen and oxygen atoms in total. The molecule has 2 atom stereocenters. The number of amides is 1. The van der Waals surface area contributed by atoms with Crippen molar-refractivity contribution in [2.24, 2.45) is 0 Å². The molecule has 0 unspecified atom stereocenters. The standard InChI is InChI=1S/C29H27F5N6O4S/c1-4-20(41)40-10-15(11-40)44-26-17-8-18(29(32,33)34)21(16-5-6-19(30)25-24(16)36-27(35)45-25)22(31)23(17)37-28(38-26)43-12-13-7-14(42-3)9-39(13)2/h4-6,8,13-15H,1,7,9-12H2,2-3H3,(H2,35,36)/t13-,14+/m0/s1. The molecule has 0 spiro atoms. The summed E-state index contributed by atoms with van der Waals surface area (Å²) >= 11 is 0.731. The predicted molar refractivity (Wildman–Crippen MR) is 156 cm³/mol. The van der Waals surface area contributed by atoms with Crippen molar-refractivity contribution in [2.75, 3.05) is 46.1 Å². The summed E-state index contributed by atoms with van der Waals surface area (Å²) in [7, 11) is 3.49. The average molecular weight is 651 g/mol. The highest BCUT2D eigenvalue weighted by atomic mass is 32.1. The first-order valence-corrected chi connectivity index (χ1v) is 14.6. The topological polar surface area (TPSA) is 116 Å². The van der Waals surface area contributed by atoms with E-state index in [1.54, 1.807) is 7.11 Å². The molecule has 4 aromatic rings.